The van der Waals surface area contributed by atoms with Gasteiger partial charge in [0.25, 0.3) is 0 Å². The Hall–Kier alpha value is -2.17. The lowest BCUT2D eigenvalue weighted by atomic mass is 10.1. The maximum Gasteiger partial charge on any atom is 0.236 e. The molecule has 2 saturated heterocycles. The van der Waals surface area contributed by atoms with Gasteiger partial charge in [0.1, 0.15) is 11.9 Å². The van der Waals surface area contributed by atoms with E-state index in [1.807, 2.05) is 11.0 Å². The molecule has 0 spiro atoms. The van der Waals surface area contributed by atoms with Gasteiger partial charge < -0.3 is 15.0 Å². The highest BCUT2D eigenvalue weighted by atomic mass is 16.5. The molecule has 1 N–H and O–H groups in total. The van der Waals surface area contributed by atoms with E-state index in [1.165, 1.54) is 0 Å². The van der Waals surface area contributed by atoms with Crippen molar-refractivity contribution >= 4 is 11.7 Å². The van der Waals surface area contributed by atoms with Crippen molar-refractivity contribution in [2.24, 2.45) is 5.92 Å². The van der Waals surface area contributed by atoms with E-state index >= 15 is 0 Å². The molecule has 24 heavy (non-hydrogen) atoms. The zero-order chi connectivity index (χ0) is 16.8. The molecule has 128 valence electrons. The SMILES string of the molecule is N#Cc1ccc(NCC2CCN(CC(=O)N3CCOCC3)C2)nc1. The first-order chi connectivity index (χ1) is 11.7. The minimum absolute atomic E-state index is 0.209. The van der Waals surface area contributed by atoms with Crippen LogP contribution < -0.4 is 5.32 Å². The molecule has 1 atom stereocenters. The molecule has 0 bridgehead atoms. The first-order valence-electron chi connectivity index (χ1n) is 8.42. The molecule has 1 aromatic heterocycles. The summed E-state index contributed by atoms with van der Waals surface area (Å²) in [5.74, 6) is 1.51. The lowest BCUT2D eigenvalue weighted by molar-refractivity contribution is -0.136. The Labute approximate surface area is 142 Å². The van der Waals surface area contributed by atoms with E-state index in [0.717, 1.165) is 31.9 Å². The predicted octanol–water partition coefficient (Wildman–Crippen LogP) is 0.546. The van der Waals surface area contributed by atoms with Gasteiger partial charge in [-0.1, -0.05) is 0 Å². The first kappa shape index (κ1) is 16.7. The molecule has 0 aliphatic carbocycles. The number of morpholine rings is 1. The van der Waals surface area contributed by atoms with Crippen molar-refractivity contribution in [3.05, 3.63) is 23.9 Å². The number of likely N-dealkylation sites (tertiary alicyclic amines) is 1. The van der Waals surface area contributed by atoms with E-state index in [2.05, 4.69) is 21.3 Å². The normalized spacial score (nSPS) is 21.5. The molecule has 7 nitrogen and oxygen atoms in total. The van der Waals surface area contributed by atoms with Crippen LogP contribution in [0.25, 0.3) is 0 Å². The van der Waals surface area contributed by atoms with Crippen LogP contribution in [0.2, 0.25) is 0 Å². The number of rotatable bonds is 5. The number of ether oxygens (including phenoxy) is 1. The number of aromatic nitrogens is 1. The van der Waals surface area contributed by atoms with Gasteiger partial charge in [0.15, 0.2) is 0 Å². The van der Waals surface area contributed by atoms with Crippen LogP contribution in [0.4, 0.5) is 5.82 Å². The summed E-state index contributed by atoms with van der Waals surface area (Å²) < 4.78 is 5.29. The number of hydrogen-bond donors (Lipinski definition) is 1. The number of carbonyl (C=O) groups is 1. The number of pyridine rings is 1. The maximum atomic E-state index is 12.3. The molecule has 2 aliphatic rings. The molecule has 2 aliphatic heterocycles. The highest BCUT2D eigenvalue weighted by Gasteiger charge is 2.26. The molecular weight excluding hydrogens is 306 g/mol. The van der Waals surface area contributed by atoms with Crippen molar-refractivity contribution in [2.75, 3.05) is 57.8 Å². The van der Waals surface area contributed by atoms with Crippen LogP contribution in [0.5, 0.6) is 0 Å². The lowest BCUT2D eigenvalue weighted by Crippen LogP contribution is -2.45. The standard InChI is InChI=1S/C17H23N5O2/c18-9-14-1-2-16(19-10-14)20-11-15-3-4-21(12-15)13-17(23)22-5-7-24-8-6-22/h1-2,10,15H,3-8,11-13H2,(H,19,20). The summed E-state index contributed by atoms with van der Waals surface area (Å²) in [7, 11) is 0. The predicted molar refractivity (Wildman–Crippen MR) is 89.4 cm³/mol. The van der Waals surface area contributed by atoms with Crippen molar-refractivity contribution in [1.29, 1.82) is 5.26 Å². The summed E-state index contributed by atoms with van der Waals surface area (Å²) in [6.07, 6.45) is 2.66. The fourth-order valence-electron chi connectivity index (χ4n) is 3.14. The molecule has 1 aromatic rings. The van der Waals surface area contributed by atoms with Crippen LogP contribution in [-0.4, -0.2) is 73.2 Å². The second-order valence-corrected chi connectivity index (χ2v) is 6.31. The Kier molecular flexibility index (Phi) is 5.62. The number of hydrogen-bond acceptors (Lipinski definition) is 6. The van der Waals surface area contributed by atoms with Gasteiger partial charge in [-0.15, -0.1) is 0 Å². The van der Waals surface area contributed by atoms with Crippen LogP contribution in [0, 0.1) is 17.2 Å². The van der Waals surface area contributed by atoms with Gasteiger partial charge in [0.2, 0.25) is 5.91 Å². The minimum Gasteiger partial charge on any atom is -0.378 e. The monoisotopic (exact) mass is 329 g/mol. The Balaban J connectivity index is 1.40. The van der Waals surface area contributed by atoms with Gasteiger partial charge in [0, 0.05) is 32.4 Å². The molecule has 1 unspecified atom stereocenters. The number of nitrogens with one attached hydrogen (secondary N) is 1. The second-order valence-electron chi connectivity index (χ2n) is 6.31. The molecule has 1 amide bonds. The maximum absolute atomic E-state index is 12.3. The molecule has 3 rings (SSSR count). The summed E-state index contributed by atoms with van der Waals surface area (Å²) in [6, 6.07) is 5.65. The molecule has 7 heteroatoms. The Morgan fingerprint density at radius 2 is 2.21 bits per heavy atom. The van der Waals surface area contributed by atoms with Crippen molar-refractivity contribution in [2.45, 2.75) is 6.42 Å². The summed E-state index contributed by atoms with van der Waals surface area (Å²) in [4.78, 5) is 20.6. The van der Waals surface area contributed by atoms with E-state index in [9.17, 15) is 4.79 Å². The Morgan fingerprint density at radius 1 is 1.38 bits per heavy atom. The minimum atomic E-state index is 0.209. The fourth-order valence-corrected chi connectivity index (χ4v) is 3.14. The van der Waals surface area contributed by atoms with E-state index in [4.69, 9.17) is 10.00 Å². The summed E-state index contributed by atoms with van der Waals surface area (Å²) in [5.41, 5.74) is 0.564. The third-order valence-corrected chi connectivity index (χ3v) is 4.56. The van der Waals surface area contributed by atoms with Crippen molar-refractivity contribution in [3.63, 3.8) is 0 Å². The van der Waals surface area contributed by atoms with E-state index in [1.54, 1.807) is 12.3 Å². The van der Waals surface area contributed by atoms with E-state index in [0.29, 0.717) is 44.3 Å². The zero-order valence-electron chi connectivity index (χ0n) is 13.8. The quantitative estimate of drug-likeness (QED) is 0.849. The van der Waals surface area contributed by atoms with Crippen LogP contribution in [-0.2, 0) is 9.53 Å². The van der Waals surface area contributed by atoms with E-state index < -0.39 is 0 Å². The van der Waals surface area contributed by atoms with Crippen LogP contribution in [0.3, 0.4) is 0 Å². The van der Waals surface area contributed by atoms with Crippen LogP contribution in [0.1, 0.15) is 12.0 Å². The third-order valence-electron chi connectivity index (χ3n) is 4.56. The average molecular weight is 329 g/mol. The fraction of sp³-hybridized carbons (Fsp3) is 0.588. The van der Waals surface area contributed by atoms with Gasteiger partial charge in [-0.05, 0) is 31.0 Å². The highest BCUT2D eigenvalue weighted by Crippen LogP contribution is 2.17. The summed E-state index contributed by atoms with van der Waals surface area (Å²) >= 11 is 0. The lowest BCUT2D eigenvalue weighted by Gasteiger charge is -2.28. The molecule has 0 radical (unpaired) electrons. The smallest absolute Gasteiger partial charge is 0.236 e. The van der Waals surface area contributed by atoms with E-state index in [-0.39, 0.29) is 5.91 Å². The number of nitrogens with zero attached hydrogens (tertiary/aromatic N) is 4. The van der Waals surface area contributed by atoms with Crippen molar-refractivity contribution in [1.82, 2.24) is 14.8 Å². The van der Waals surface area contributed by atoms with Gasteiger partial charge in [-0.25, -0.2) is 4.98 Å². The third kappa shape index (κ3) is 4.43. The van der Waals surface area contributed by atoms with Gasteiger partial charge in [-0.3, -0.25) is 9.69 Å². The largest absolute Gasteiger partial charge is 0.378 e. The van der Waals surface area contributed by atoms with Crippen molar-refractivity contribution in [3.8, 4) is 6.07 Å². The summed E-state index contributed by atoms with van der Waals surface area (Å²) in [6.45, 7) is 5.95. The highest BCUT2D eigenvalue weighted by molar-refractivity contribution is 5.78. The Bertz CT molecular complexity index is 592. The summed E-state index contributed by atoms with van der Waals surface area (Å²) in [5, 5.41) is 12.1. The topological polar surface area (TPSA) is 81.5 Å². The van der Waals surface area contributed by atoms with Gasteiger partial charge in [0.05, 0.1) is 25.3 Å². The Morgan fingerprint density at radius 3 is 2.92 bits per heavy atom. The number of anilines is 1. The molecule has 0 saturated carbocycles. The number of amides is 1. The van der Waals surface area contributed by atoms with Gasteiger partial charge >= 0.3 is 0 Å². The average Bonchev–Trinajstić information content (AvgIpc) is 3.08. The van der Waals surface area contributed by atoms with Gasteiger partial charge in [-0.2, -0.15) is 5.26 Å². The van der Waals surface area contributed by atoms with Crippen molar-refractivity contribution < 1.29 is 9.53 Å². The van der Waals surface area contributed by atoms with Crippen LogP contribution in [0.15, 0.2) is 18.3 Å². The number of carbonyl (C=O) groups excluding carboxylic acids is 1. The molecule has 3 heterocycles. The number of nitriles is 1. The molecule has 2 fully saturated rings. The first-order valence-corrected chi connectivity index (χ1v) is 8.42. The molecular formula is C17H23N5O2. The second kappa shape index (κ2) is 8.08. The molecule has 0 aromatic carbocycles. The zero-order valence-corrected chi connectivity index (χ0v) is 13.8. The van der Waals surface area contributed by atoms with Crippen LogP contribution >= 0.6 is 0 Å².